The molecule has 0 aliphatic carbocycles. The van der Waals surface area contributed by atoms with Gasteiger partial charge in [0.05, 0.1) is 17.2 Å². The van der Waals surface area contributed by atoms with Crippen molar-refractivity contribution in [1.29, 1.82) is 0 Å². The van der Waals surface area contributed by atoms with Gasteiger partial charge in [0.25, 0.3) is 0 Å². The molecule has 0 radical (unpaired) electrons. The number of rotatable bonds is 5. The normalized spacial score (nSPS) is 11.1. The predicted molar refractivity (Wildman–Crippen MR) is 91.1 cm³/mol. The van der Waals surface area contributed by atoms with Gasteiger partial charge in [0.2, 0.25) is 5.78 Å². The van der Waals surface area contributed by atoms with Crippen molar-refractivity contribution in [3.05, 3.63) is 49.8 Å². The number of aromatic nitrogens is 2. The monoisotopic (exact) mass is 447 g/mol. The fraction of sp³-hybridized carbons (Fsp3) is 0.286. The van der Waals surface area contributed by atoms with Crippen LogP contribution in [0.3, 0.4) is 0 Å². The minimum absolute atomic E-state index is 0.00173. The van der Waals surface area contributed by atoms with Crippen LogP contribution in [0.5, 0.6) is 0 Å². The molecule has 0 atom stereocenters. The highest BCUT2D eigenvalue weighted by molar-refractivity contribution is 14.1. The zero-order valence-electron chi connectivity index (χ0n) is 11.3. The molecule has 0 amide bonds. The topological polar surface area (TPSA) is 38.1 Å². The summed E-state index contributed by atoms with van der Waals surface area (Å²) in [6.07, 6.45) is 1.68. The van der Waals surface area contributed by atoms with Crippen LogP contribution in [0.2, 0.25) is 0 Å². The summed E-state index contributed by atoms with van der Waals surface area (Å²) in [6, 6.07) is 7.59. The van der Waals surface area contributed by atoms with Gasteiger partial charge >= 0.3 is 0 Å². The van der Waals surface area contributed by atoms with Crippen LogP contribution in [0.4, 0.5) is 0 Å². The molecule has 0 aliphatic heterocycles. The first-order valence-electron chi connectivity index (χ1n) is 6.16. The molecule has 0 bridgehead atoms. The number of benzene rings is 1. The van der Waals surface area contributed by atoms with Crippen LogP contribution >= 0.6 is 38.5 Å². The van der Waals surface area contributed by atoms with E-state index in [2.05, 4.69) is 48.5 Å². The van der Waals surface area contributed by atoms with Crippen LogP contribution in [-0.2, 0) is 6.54 Å². The van der Waals surface area contributed by atoms with Crippen molar-refractivity contribution in [3.8, 4) is 0 Å². The zero-order chi connectivity index (χ0) is 14.7. The van der Waals surface area contributed by atoms with E-state index >= 15 is 0 Å². The van der Waals surface area contributed by atoms with Gasteiger partial charge in [0, 0.05) is 15.7 Å². The van der Waals surface area contributed by atoms with Gasteiger partial charge < -0.3 is 4.90 Å². The van der Waals surface area contributed by atoms with E-state index in [-0.39, 0.29) is 5.78 Å². The standard InChI is InChI=1S/C14H15BrIN3O/c1-18(2)7-8-19-13(11(15)9-17-19)14(20)10-5-3-4-6-12(10)16/h3-6,9H,7-8H2,1-2H3. The Kier molecular flexibility index (Phi) is 5.34. The van der Waals surface area contributed by atoms with Gasteiger partial charge in [-0.15, -0.1) is 0 Å². The molecule has 0 fully saturated rings. The minimum atomic E-state index is -0.00173. The van der Waals surface area contributed by atoms with E-state index < -0.39 is 0 Å². The first kappa shape index (κ1) is 15.7. The Morgan fingerprint density at radius 2 is 2.10 bits per heavy atom. The molecule has 1 heterocycles. The summed E-state index contributed by atoms with van der Waals surface area (Å²) in [5.41, 5.74) is 1.32. The maximum absolute atomic E-state index is 12.7. The molecule has 0 aliphatic rings. The predicted octanol–water partition coefficient (Wildman–Crippen LogP) is 3.04. The number of nitrogens with zero attached hydrogens (tertiary/aromatic N) is 3. The van der Waals surface area contributed by atoms with Crippen LogP contribution in [0.1, 0.15) is 16.1 Å². The first-order chi connectivity index (χ1) is 9.50. The van der Waals surface area contributed by atoms with E-state index in [1.54, 1.807) is 10.9 Å². The quantitative estimate of drug-likeness (QED) is 0.522. The van der Waals surface area contributed by atoms with Gasteiger partial charge in [-0.25, -0.2) is 0 Å². The van der Waals surface area contributed by atoms with Gasteiger partial charge in [-0.3, -0.25) is 9.48 Å². The van der Waals surface area contributed by atoms with Crippen molar-refractivity contribution in [1.82, 2.24) is 14.7 Å². The van der Waals surface area contributed by atoms with Crippen LogP contribution in [-0.4, -0.2) is 41.1 Å². The number of hydrogen-bond acceptors (Lipinski definition) is 3. The Morgan fingerprint density at radius 3 is 2.75 bits per heavy atom. The summed E-state index contributed by atoms with van der Waals surface area (Å²) in [7, 11) is 4.00. The van der Waals surface area contributed by atoms with Gasteiger partial charge in [0.15, 0.2) is 0 Å². The summed E-state index contributed by atoms with van der Waals surface area (Å²) in [4.78, 5) is 14.8. The zero-order valence-corrected chi connectivity index (χ0v) is 15.1. The second-order valence-corrected chi connectivity index (χ2v) is 6.69. The van der Waals surface area contributed by atoms with Gasteiger partial charge in [0.1, 0.15) is 5.69 Å². The number of carbonyl (C=O) groups is 1. The van der Waals surface area contributed by atoms with Crippen molar-refractivity contribution in [2.75, 3.05) is 20.6 Å². The highest BCUT2D eigenvalue weighted by Crippen LogP contribution is 2.22. The van der Waals surface area contributed by atoms with E-state index in [1.165, 1.54) is 0 Å². The average molecular weight is 448 g/mol. The number of ketones is 1. The third kappa shape index (κ3) is 3.48. The molecule has 0 spiro atoms. The van der Waals surface area contributed by atoms with Crippen molar-refractivity contribution >= 4 is 44.3 Å². The molecule has 0 saturated carbocycles. The lowest BCUT2D eigenvalue weighted by Gasteiger charge is -2.12. The third-order valence-electron chi connectivity index (χ3n) is 2.89. The average Bonchev–Trinajstić information content (AvgIpc) is 2.77. The lowest BCUT2D eigenvalue weighted by atomic mass is 10.1. The number of carbonyl (C=O) groups excluding carboxylic acids is 1. The van der Waals surface area contributed by atoms with E-state index in [0.717, 1.165) is 14.6 Å². The minimum Gasteiger partial charge on any atom is -0.308 e. The second kappa shape index (κ2) is 6.82. The molecule has 0 saturated heterocycles. The Labute approximate surface area is 140 Å². The van der Waals surface area contributed by atoms with E-state index in [4.69, 9.17) is 0 Å². The van der Waals surface area contributed by atoms with Crippen LogP contribution in [0, 0.1) is 3.57 Å². The highest BCUT2D eigenvalue weighted by atomic mass is 127. The van der Waals surface area contributed by atoms with Crippen molar-refractivity contribution < 1.29 is 4.79 Å². The van der Waals surface area contributed by atoms with Crippen LogP contribution in [0.25, 0.3) is 0 Å². The summed E-state index contributed by atoms with van der Waals surface area (Å²) >= 11 is 5.61. The van der Waals surface area contributed by atoms with E-state index in [1.807, 2.05) is 38.4 Å². The fourth-order valence-electron chi connectivity index (χ4n) is 1.83. The second-order valence-electron chi connectivity index (χ2n) is 4.68. The molecule has 0 N–H and O–H groups in total. The maximum Gasteiger partial charge on any atom is 0.213 e. The number of likely N-dealkylation sites (N-methyl/N-ethyl adjacent to an activating group) is 1. The first-order valence-corrected chi connectivity index (χ1v) is 8.03. The smallest absolute Gasteiger partial charge is 0.213 e. The van der Waals surface area contributed by atoms with Crippen molar-refractivity contribution in [2.45, 2.75) is 6.54 Å². The molecule has 0 unspecified atom stereocenters. The lowest BCUT2D eigenvalue weighted by molar-refractivity contribution is 0.102. The largest absolute Gasteiger partial charge is 0.308 e. The lowest BCUT2D eigenvalue weighted by Crippen LogP contribution is -2.22. The van der Waals surface area contributed by atoms with Gasteiger partial charge in [-0.05, 0) is 64.7 Å². The molecule has 2 rings (SSSR count). The van der Waals surface area contributed by atoms with Crippen LogP contribution < -0.4 is 0 Å². The Hall–Kier alpha value is -0.730. The Morgan fingerprint density at radius 1 is 1.40 bits per heavy atom. The summed E-state index contributed by atoms with van der Waals surface area (Å²) in [5.74, 6) is -0.00173. The summed E-state index contributed by atoms with van der Waals surface area (Å²) in [5, 5.41) is 4.28. The van der Waals surface area contributed by atoms with E-state index in [9.17, 15) is 4.79 Å². The Bertz CT molecular complexity index is 625. The Balaban J connectivity index is 2.35. The summed E-state index contributed by atoms with van der Waals surface area (Å²) < 4.78 is 3.44. The molecule has 2 aromatic rings. The van der Waals surface area contributed by atoms with Crippen molar-refractivity contribution in [2.24, 2.45) is 0 Å². The van der Waals surface area contributed by atoms with Gasteiger partial charge in [-0.1, -0.05) is 12.1 Å². The SMILES string of the molecule is CN(C)CCn1ncc(Br)c1C(=O)c1ccccc1I. The molecule has 4 nitrogen and oxygen atoms in total. The molecule has 6 heteroatoms. The molecular formula is C14H15BrIN3O. The number of halogens is 2. The third-order valence-corrected chi connectivity index (χ3v) is 4.41. The molecule has 1 aromatic heterocycles. The maximum atomic E-state index is 12.7. The molecule has 20 heavy (non-hydrogen) atoms. The summed E-state index contributed by atoms with van der Waals surface area (Å²) in [6.45, 7) is 1.52. The highest BCUT2D eigenvalue weighted by Gasteiger charge is 2.20. The van der Waals surface area contributed by atoms with E-state index in [0.29, 0.717) is 17.8 Å². The van der Waals surface area contributed by atoms with Gasteiger partial charge in [-0.2, -0.15) is 5.10 Å². The van der Waals surface area contributed by atoms with Crippen molar-refractivity contribution in [3.63, 3.8) is 0 Å². The number of hydrogen-bond donors (Lipinski definition) is 0. The van der Waals surface area contributed by atoms with Crippen LogP contribution in [0.15, 0.2) is 34.9 Å². The molecular weight excluding hydrogens is 433 g/mol. The molecule has 106 valence electrons. The fourth-order valence-corrected chi connectivity index (χ4v) is 2.93. The molecule has 1 aromatic carbocycles.